The Balaban J connectivity index is 1.64. The highest BCUT2D eigenvalue weighted by atomic mass is 32.1. The summed E-state index contributed by atoms with van der Waals surface area (Å²) >= 11 is 5.43. The van der Waals surface area contributed by atoms with Gasteiger partial charge in [0, 0.05) is 18.6 Å². The van der Waals surface area contributed by atoms with Crippen LogP contribution in [0.15, 0.2) is 39.2 Å². The molecule has 1 fully saturated rings. The fourth-order valence-electron chi connectivity index (χ4n) is 3.58. The first-order valence-corrected chi connectivity index (χ1v) is 9.13. The molecule has 0 bridgehead atoms. The zero-order valence-electron chi connectivity index (χ0n) is 14.9. The van der Waals surface area contributed by atoms with Crippen LogP contribution >= 0.6 is 12.2 Å². The van der Waals surface area contributed by atoms with Gasteiger partial charge in [0.05, 0.1) is 17.9 Å². The van der Waals surface area contributed by atoms with E-state index in [0.29, 0.717) is 5.84 Å². The number of rotatable bonds is 5. The van der Waals surface area contributed by atoms with Crippen LogP contribution in [-0.2, 0) is 11.2 Å². The molecule has 1 saturated heterocycles. The molecule has 152 valence electrons. The van der Waals surface area contributed by atoms with E-state index in [9.17, 15) is 25.4 Å². The second-order valence-corrected chi connectivity index (χ2v) is 7.23. The van der Waals surface area contributed by atoms with Crippen molar-refractivity contribution in [1.82, 2.24) is 4.90 Å². The number of thiocarbonyl (C=S) groups is 1. The fourth-order valence-corrected chi connectivity index (χ4v) is 3.84. The molecular formula is C17H17N5O6S. The van der Waals surface area contributed by atoms with Gasteiger partial charge in [-0.25, -0.2) is 9.98 Å². The molecule has 0 aliphatic carbocycles. The maximum Gasteiger partial charge on any atom is 0.269 e. The summed E-state index contributed by atoms with van der Waals surface area (Å²) in [6.45, 7) is -0.458. The summed E-state index contributed by atoms with van der Waals surface area (Å²) in [5.41, 5.74) is -0.457. The minimum atomic E-state index is -1.30. The smallest absolute Gasteiger partial charge is 0.269 e. The van der Waals surface area contributed by atoms with Crippen LogP contribution in [0.3, 0.4) is 0 Å². The minimum Gasteiger partial charge on any atom is -0.394 e. The molecule has 3 heterocycles. The Morgan fingerprint density at radius 3 is 2.62 bits per heavy atom. The number of hydrogen-bond donors (Lipinski definition) is 3. The summed E-state index contributed by atoms with van der Waals surface area (Å²) in [6, 6.07) is 5.99. The molecular weight excluding hydrogens is 402 g/mol. The summed E-state index contributed by atoms with van der Waals surface area (Å²) in [5, 5.41) is 40.6. The maximum absolute atomic E-state index is 10.9. The van der Waals surface area contributed by atoms with Crippen molar-refractivity contribution in [3.63, 3.8) is 0 Å². The lowest BCUT2D eigenvalue weighted by molar-refractivity contribution is -0.384. The number of hydrogen-bond acceptors (Lipinski definition) is 10. The van der Waals surface area contributed by atoms with E-state index in [0.717, 1.165) is 5.56 Å². The molecule has 3 aliphatic heterocycles. The highest BCUT2D eigenvalue weighted by molar-refractivity contribution is 7.80. The van der Waals surface area contributed by atoms with Crippen LogP contribution in [0.25, 0.3) is 0 Å². The third-order valence-corrected chi connectivity index (χ3v) is 5.57. The highest BCUT2D eigenvalue weighted by Gasteiger charge is 2.54. The van der Waals surface area contributed by atoms with Gasteiger partial charge in [0.1, 0.15) is 35.5 Å². The van der Waals surface area contributed by atoms with Crippen LogP contribution < -0.4 is 0 Å². The third kappa shape index (κ3) is 3.14. The summed E-state index contributed by atoms with van der Waals surface area (Å²) in [4.78, 5) is 25.0. The second-order valence-electron chi connectivity index (χ2n) is 6.84. The average Bonchev–Trinajstić information content (AvgIpc) is 3.21. The van der Waals surface area contributed by atoms with E-state index in [-0.39, 0.29) is 17.1 Å². The van der Waals surface area contributed by atoms with Gasteiger partial charge >= 0.3 is 0 Å². The summed E-state index contributed by atoms with van der Waals surface area (Å²) < 4.78 is 5.58. The lowest BCUT2D eigenvalue weighted by atomic mass is 9.89. The molecule has 1 unspecified atom stereocenters. The van der Waals surface area contributed by atoms with Crippen LogP contribution in [0.2, 0.25) is 0 Å². The molecule has 0 spiro atoms. The lowest BCUT2D eigenvalue weighted by Crippen LogP contribution is -2.54. The van der Waals surface area contributed by atoms with Gasteiger partial charge in [0.25, 0.3) is 5.69 Å². The van der Waals surface area contributed by atoms with Crippen LogP contribution in [0.4, 0.5) is 5.69 Å². The van der Waals surface area contributed by atoms with Crippen molar-refractivity contribution in [3.05, 3.63) is 39.9 Å². The van der Waals surface area contributed by atoms with Gasteiger partial charge in [0.15, 0.2) is 11.8 Å². The second kappa shape index (κ2) is 7.31. The van der Waals surface area contributed by atoms with E-state index < -0.39 is 41.6 Å². The third-order valence-electron chi connectivity index (χ3n) is 5.12. The molecule has 0 saturated carbocycles. The first kappa shape index (κ1) is 19.7. The molecule has 0 amide bonds. The predicted octanol–water partition coefficient (Wildman–Crippen LogP) is -0.573. The van der Waals surface area contributed by atoms with Crippen molar-refractivity contribution in [2.45, 2.75) is 36.5 Å². The molecule has 29 heavy (non-hydrogen) atoms. The molecule has 3 N–H and O–H groups in total. The Morgan fingerprint density at radius 2 is 2.00 bits per heavy atom. The van der Waals surface area contributed by atoms with E-state index in [1.54, 1.807) is 12.1 Å². The quantitative estimate of drug-likeness (QED) is 0.326. The van der Waals surface area contributed by atoms with Crippen molar-refractivity contribution < 1.29 is 25.0 Å². The SMILES string of the molecule is O=[N+]([O-])c1ccc(CC23N=CN([C@@H]4O[C@H](CO)[C@@H](O)[C@H]4O)C2=NC=NC3=S)cc1. The van der Waals surface area contributed by atoms with Gasteiger partial charge in [-0.1, -0.05) is 24.4 Å². The average molecular weight is 419 g/mol. The Kier molecular flexibility index (Phi) is 4.96. The van der Waals surface area contributed by atoms with Gasteiger partial charge in [-0.15, -0.1) is 0 Å². The molecule has 4 rings (SSSR count). The Hall–Kier alpha value is -2.64. The summed E-state index contributed by atoms with van der Waals surface area (Å²) in [7, 11) is 0. The van der Waals surface area contributed by atoms with Crippen molar-refractivity contribution in [1.29, 1.82) is 0 Å². The minimum absolute atomic E-state index is 0.0348. The number of nitro benzene ring substituents is 1. The molecule has 0 aromatic heterocycles. The number of nitro groups is 1. The Morgan fingerprint density at radius 1 is 1.28 bits per heavy atom. The number of aliphatic imine (C=N–C) groups is 3. The Labute approximate surface area is 169 Å². The van der Waals surface area contributed by atoms with E-state index in [2.05, 4.69) is 15.0 Å². The number of aliphatic hydroxyl groups is 3. The monoisotopic (exact) mass is 419 g/mol. The number of fused-ring (bicyclic) bond motifs is 1. The molecule has 3 aliphatic rings. The number of ether oxygens (including phenoxy) is 1. The zero-order valence-corrected chi connectivity index (χ0v) is 15.7. The largest absolute Gasteiger partial charge is 0.394 e. The van der Waals surface area contributed by atoms with Gasteiger partial charge in [-0.3, -0.25) is 20.0 Å². The summed E-state index contributed by atoms with van der Waals surface area (Å²) in [5.74, 6) is 0.352. The van der Waals surface area contributed by atoms with Crippen molar-refractivity contribution in [3.8, 4) is 0 Å². The molecule has 11 nitrogen and oxygen atoms in total. The summed E-state index contributed by atoms with van der Waals surface area (Å²) in [6.07, 6.45) is -1.62. The van der Waals surface area contributed by atoms with Crippen molar-refractivity contribution in [2.75, 3.05) is 6.61 Å². The van der Waals surface area contributed by atoms with Crippen LogP contribution in [0, 0.1) is 10.1 Å². The standard InChI is InChI=1S/C17H17N5O6S/c23-6-11-12(24)13(25)14(28-11)21-8-20-17(15(21)18-7-19-16(17)29)5-9-1-3-10(4-2-9)22(26)27/h1-4,7-8,11-14,23-25H,5-6H2/t11-,12-,13-,14-,17?/m1/s1. The Bertz CT molecular complexity index is 935. The maximum atomic E-state index is 10.9. The lowest BCUT2D eigenvalue weighted by Gasteiger charge is -2.33. The molecule has 0 radical (unpaired) electrons. The normalized spacial score (nSPS) is 33.1. The van der Waals surface area contributed by atoms with Crippen LogP contribution in [-0.4, -0.2) is 85.3 Å². The number of amidine groups is 1. The van der Waals surface area contributed by atoms with Crippen LogP contribution in [0.5, 0.6) is 0 Å². The molecule has 1 aromatic carbocycles. The van der Waals surface area contributed by atoms with E-state index in [1.165, 1.54) is 29.7 Å². The van der Waals surface area contributed by atoms with E-state index in [1.807, 2.05) is 0 Å². The first-order valence-electron chi connectivity index (χ1n) is 8.72. The highest BCUT2D eigenvalue weighted by Crippen LogP contribution is 2.35. The fraction of sp³-hybridized carbons (Fsp3) is 0.412. The molecule has 5 atom stereocenters. The van der Waals surface area contributed by atoms with Gasteiger partial charge in [0.2, 0.25) is 0 Å². The van der Waals surface area contributed by atoms with Crippen molar-refractivity contribution in [2.24, 2.45) is 15.0 Å². The van der Waals surface area contributed by atoms with Gasteiger partial charge in [-0.2, -0.15) is 0 Å². The number of benzene rings is 1. The topological polar surface area (TPSA) is 153 Å². The number of nitrogens with zero attached hydrogens (tertiary/aromatic N) is 5. The number of non-ortho nitro benzene ring substituents is 1. The van der Waals surface area contributed by atoms with E-state index in [4.69, 9.17) is 17.0 Å². The van der Waals surface area contributed by atoms with Crippen LogP contribution in [0.1, 0.15) is 5.56 Å². The number of aliphatic hydroxyl groups excluding tert-OH is 3. The molecule has 12 heteroatoms. The zero-order chi connectivity index (χ0) is 20.8. The molecule has 1 aromatic rings. The van der Waals surface area contributed by atoms with Gasteiger partial charge in [-0.05, 0) is 5.56 Å². The van der Waals surface area contributed by atoms with Crippen molar-refractivity contribution >= 4 is 41.4 Å². The van der Waals surface area contributed by atoms with E-state index >= 15 is 0 Å². The van der Waals surface area contributed by atoms with Gasteiger partial charge < -0.3 is 20.1 Å². The predicted molar refractivity (Wildman–Crippen MR) is 106 cm³/mol. The first-order chi connectivity index (χ1) is 13.9.